The molecule has 3 N–H and O–H groups in total. The Morgan fingerprint density at radius 1 is 1.04 bits per heavy atom. The van der Waals surface area contributed by atoms with Crippen molar-refractivity contribution in [1.82, 2.24) is 16.0 Å². The molecule has 134 valence electrons. The van der Waals surface area contributed by atoms with E-state index in [1.165, 1.54) is 5.56 Å². The van der Waals surface area contributed by atoms with Gasteiger partial charge in [0.1, 0.15) is 5.60 Å². The summed E-state index contributed by atoms with van der Waals surface area (Å²) in [7, 11) is 1.75. The van der Waals surface area contributed by atoms with Gasteiger partial charge in [-0.25, -0.2) is 4.79 Å². The third-order valence-corrected chi connectivity index (χ3v) is 3.09. The highest BCUT2D eigenvalue weighted by molar-refractivity contribution is 5.79. The van der Waals surface area contributed by atoms with E-state index in [4.69, 9.17) is 4.74 Å². The van der Waals surface area contributed by atoms with Gasteiger partial charge in [-0.2, -0.15) is 0 Å². The second-order valence-electron chi connectivity index (χ2n) is 6.44. The molecule has 1 rings (SSSR count). The molecule has 0 aliphatic rings. The number of hydrogen-bond acceptors (Lipinski definition) is 3. The van der Waals surface area contributed by atoms with Gasteiger partial charge < -0.3 is 20.7 Å². The monoisotopic (exact) mass is 334 g/mol. The number of ether oxygens (including phenoxy) is 1. The number of alkyl carbamates (subject to hydrolysis) is 1. The molecular weight excluding hydrogens is 304 g/mol. The van der Waals surface area contributed by atoms with Crippen molar-refractivity contribution in [2.45, 2.75) is 39.2 Å². The smallest absolute Gasteiger partial charge is 0.407 e. The Bertz CT molecular complexity index is 510. The molecule has 6 heteroatoms. The molecule has 0 unspecified atom stereocenters. The van der Waals surface area contributed by atoms with Crippen molar-refractivity contribution in [3.63, 3.8) is 0 Å². The van der Waals surface area contributed by atoms with Crippen LogP contribution in [-0.2, 0) is 11.2 Å². The number of hydrogen-bond donors (Lipinski definition) is 3. The number of amides is 1. The summed E-state index contributed by atoms with van der Waals surface area (Å²) < 4.78 is 5.18. The molecule has 0 spiro atoms. The van der Waals surface area contributed by atoms with E-state index in [1.807, 2.05) is 39.0 Å². The maximum atomic E-state index is 11.5. The molecule has 1 aromatic rings. The second kappa shape index (κ2) is 10.5. The summed E-state index contributed by atoms with van der Waals surface area (Å²) in [6.45, 7) is 7.64. The minimum Gasteiger partial charge on any atom is -0.444 e. The number of aliphatic imine (C=N–C) groups is 1. The van der Waals surface area contributed by atoms with E-state index < -0.39 is 5.60 Å². The molecule has 0 radical (unpaired) electrons. The number of guanidine groups is 1. The van der Waals surface area contributed by atoms with E-state index in [1.54, 1.807) is 7.05 Å². The van der Waals surface area contributed by atoms with Crippen molar-refractivity contribution in [1.29, 1.82) is 0 Å². The molecule has 1 aromatic carbocycles. The molecule has 24 heavy (non-hydrogen) atoms. The second-order valence-corrected chi connectivity index (χ2v) is 6.44. The van der Waals surface area contributed by atoms with E-state index in [2.05, 4.69) is 33.1 Å². The predicted octanol–water partition coefficient (Wildman–Crippen LogP) is 2.31. The zero-order valence-electron chi connectivity index (χ0n) is 15.2. The van der Waals surface area contributed by atoms with E-state index in [0.717, 1.165) is 31.9 Å². The van der Waals surface area contributed by atoms with E-state index in [-0.39, 0.29) is 6.09 Å². The van der Waals surface area contributed by atoms with Gasteiger partial charge in [0.05, 0.1) is 0 Å². The molecule has 0 aliphatic carbocycles. The van der Waals surface area contributed by atoms with Crippen LogP contribution in [-0.4, -0.2) is 44.3 Å². The molecule has 0 saturated heterocycles. The van der Waals surface area contributed by atoms with Crippen molar-refractivity contribution in [3.05, 3.63) is 35.9 Å². The lowest BCUT2D eigenvalue weighted by atomic mass is 10.1. The van der Waals surface area contributed by atoms with Gasteiger partial charge in [0.25, 0.3) is 0 Å². The summed E-state index contributed by atoms with van der Waals surface area (Å²) >= 11 is 0. The molecule has 0 saturated carbocycles. The van der Waals surface area contributed by atoms with Crippen LogP contribution in [0.25, 0.3) is 0 Å². The van der Waals surface area contributed by atoms with Gasteiger partial charge in [0.15, 0.2) is 5.96 Å². The molecule has 0 atom stereocenters. The molecular formula is C18H30N4O2. The van der Waals surface area contributed by atoms with Gasteiger partial charge in [0.2, 0.25) is 0 Å². The molecule has 1 amide bonds. The molecule has 0 fully saturated rings. The van der Waals surface area contributed by atoms with E-state index in [9.17, 15) is 4.79 Å². The average molecular weight is 334 g/mol. The molecule has 0 aliphatic heterocycles. The van der Waals surface area contributed by atoms with Gasteiger partial charge in [-0.05, 0) is 39.2 Å². The van der Waals surface area contributed by atoms with Crippen LogP contribution in [0, 0.1) is 0 Å². The van der Waals surface area contributed by atoms with Crippen molar-refractivity contribution in [2.75, 3.05) is 26.7 Å². The van der Waals surface area contributed by atoms with Gasteiger partial charge in [0, 0.05) is 26.7 Å². The summed E-state index contributed by atoms with van der Waals surface area (Å²) in [5.41, 5.74) is 0.828. The SMILES string of the molecule is CN=C(NCCCNC(=O)OC(C)(C)C)NCCc1ccccc1. The minimum atomic E-state index is -0.465. The predicted molar refractivity (Wildman–Crippen MR) is 98.4 cm³/mol. The summed E-state index contributed by atoms with van der Waals surface area (Å²) in [5, 5.41) is 9.23. The number of nitrogens with one attached hydrogen (secondary N) is 3. The lowest BCUT2D eigenvalue weighted by Gasteiger charge is -2.19. The quantitative estimate of drug-likeness (QED) is 0.406. The first kappa shape index (κ1) is 19.8. The summed E-state index contributed by atoms with van der Waals surface area (Å²) in [5.74, 6) is 0.767. The highest BCUT2D eigenvalue weighted by Crippen LogP contribution is 2.06. The Morgan fingerprint density at radius 3 is 2.29 bits per heavy atom. The van der Waals surface area contributed by atoms with Crippen molar-refractivity contribution >= 4 is 12.1 Å². The van der Waals surface area contributed by atoms with Crippen molar-refractivity contribution < 1.29 is 9.53 Å². The number of rotatable bonds is 7. The highest BCUT2D eigenvalue weighted by Gasteiger charge is 2.15. The zero-order valence-corrected chi connectivity index (χ0v) is 15.2. The molecule has 6 nitrogen and oxygen atoms in total. The Balaban J connectivity index is 2.11. The zero-order chi connectivity index (χ0) is 17.8. The summed E-state index contributed by atoms with van der Waals surface area (Å²) in [4.78, 5) is 15.7. The Hall–Kier alpha value is -2.24. The van der Waals surface area contributed by atoms with Gasteiger partial charge in [-0.15, -0.1) is 0 Å². The van der Waals surface area contributed by atoms with E-state index >= 15 is 0 Å². The van der Waals surface area contributed by atoms with Crippen LogP contribution >= 0.6 is 0 Å². The topological polar surface area (TPSA) is 74.8 Å². The lowest BCUT2D eigenvalue weighted by molar-refractivity contribution is 0.0527. The lowest BCUT2D eigenvalue weighted by Crippen LogP contribution is -2.40. The van der Waals surface area contributed by atoms with Gasteiger partial charge >= 0.3 is 6.09 Å². The normalized spacial score (nSPS) is 11.8. The van der Waals surface area contributed by atoms with Crippen LogP contribution in [0.2, 0.25) is 0 Å². The van der Waals surface area contributed by atoms with E-state index in [0.29, 0.717) is 6.54 Å². The Kier molecular flexibility index (Phi) is 8.68. The number of carbonyl (C=O) groups excluding carboxylic acids is 1. The van der Waals surface area contributed by atoms with Crippen LogP contribution in [0.1, 0.15) is 32.8 Å². The fraction of sp³-hybridized carbons (Fsp3) is 0.556. The van der Waals surface area contributed by atoms with Gasteiger partial charge in [-0.3, -0.25) is 4.99 Å². The molecule has 0 heterocycles. The fourth-order valence-corrected chi connectivity index (χ4v) is 1.99. The van der Waals surface area contributed by atoms with Gasteiger partial charge in [-0.1, -0.05) is 30.3 Å². The highest BCUT2D eigenvalue weighted by atomic mass is 16.6. The first-order valence-electron chi connectivity index (χ1n) is 8.36. The van der Waals surface area contributed by atoms with Crippen LogP contribution < -0.4 is 16.0 Å². The molecule has 0 aromatic heterocycles. The van der Waals surface area contributed by atoms with Crippen molar-refractivity contribution in [2.24, 2.45) is 4.99 Å². The summed E-state index contributed by atoms with van der Waals surface area (Å²) in [6.07, 6.45) is 1.35. The number of benzene rings is 1. The largest absolute Gasteiger partial charge is 0.444 e. The fourth-order valence-electron chi connectivity index (χ4n) is 1.99. The van der Waals surface area contributed by atoms with Crippen LogP contribution in [0.4, 0.5) is 4.79 Å². The Labute approximate surface area is 145 Å². The van der Waals surface area contributed by atoms with Crippen molar-refractivity contribution in [3.8, 4) is 0 Å². The number of nitrogens with zero attached hydrogens (tertiary/aromatic N) is 1. The average Bonchev–Trinajstić information content (AvgIpc) is 2.52. The molecule has 0 bridgehead atoms. The maximum Gasteiger partial charge on any atom is 0.407 e. The number of carbonyl (C=O) groups is 1. The van der Waals surface area contributed by atoms with Crippen LogP contribution in [0.15, 0.2) is 35.3 Å². The first-order valence-corrected chi connectivity index (χ1v) is 8.36. The van der Waals surface area contributed by atoms with Crippen LogP contribution in [0.5, 0.6) is 0 Å². The first-order chi connectivity index (χ1) is 11.4. The van der Waals surface area contributed by atoms with Crippen LogP contribution in [0.3, 0.4) is 0 Å². The summed E-state index contributed by atoms with van der Waals surface area (Å²) in [6, 6.07) is 10.3. The standard InChI is InChI=1S/C18H30N4O2/c1-18(2,3)24-17(23)22-13-8-12-20-16(19-4)21-14-11-15-9-6-5-7-10-15/h5-7,9-10H,8,11-14H2,1-4H3,(H,22,23)(H2,19,20,21). The third-order valence-electron chi connectivity index (χ3n) is 3.09. The maximum absolute atomic E-state index is 11.5. The minimum absolute atomic E-state index is 0.382. The Morgan fingerprint density at radius 2 is 1.67 bits per heavy atom. The third kappa shape index (κ3) is 9.71.